The molecular weight excluding hydrogens is 453 g/mol. The number of nitriles is 1. The molecule has 35 heavy (non-hydrogen) atoms. The first-order valence-corrected chi connectivity index (χ1v) is 11.3. The molecule has 2 aromatic heterocycles. The highest BCUT2D eigenvalue weighted by Crippen LogP contribution is 2.39. The van der Waals surface area contributed by atoms with E-state index in [4.69, 9.17) is 19.9 Å². The van der Waals surface area contributed by atoms with Crippen molar-refractivity contribution in [2.75, 3.05) is 32.5 Å². The van der Waals surface area contributed by atoms with E-state index in [0.717, 1.165) is 0 Å². The van der Waals surface area contributed by atoms with Gasteiger partial charge in [0.05, 0.1) is 6.20 Å². The molecule has 2 aliphatic rings. The van der Waals surface area contributed by atoms with Gasteiger partial charge in [-0.3, -0.25) is 9.58 Å². The van der Waals surface area contributed by atoms with Gasteiger partial charge in [-0.2, -0.15) is 5.26 Å². The van der Waals surface area contributed by atoms with E-state index in [1.807, 2.05) is 20.9 Å². The number of rotatable bonds is 0. The van der Waals surface area contributed by atoms with Crippen LogP contribution in [0.25, 0.3) is 11.3 Å². The van der Waals surface area contributed by atoms with Gasteiger partial charge in [0.25, 0.3) is 5.88 Å². The zero-order valence-corrected chi connectivity index (χ0v) is 20.4. The highest BCUT2D eigenvalue weighted by atomic mass is 19.1. The first-order valence-electron chi connectivity index (χ1n) is 11.3. The zero-order chi connectivity index (χ0) is 25.3. The van der Waals surface area contributed by atoms with Gasteiger partial charge in [-0.15, -0.1) is 5.10 Å². The van der Waals surface area contributed by atoms with Gasteiger partial charge in [-0.05, 0) is 32.2 Å². The summed E-state index contributed by atoms with van der Waals surface area (Å²) in [6.45, 7) is 7.09. The molecule has 3 aromatic rings. The third kappa shape index (κ3) is 4.44. The van der Waals surface area contributed by atoms with E-state index < -0.39 is 17.5 Å². The number of benzene rings is 1. The van der Waals surface area contributed by atoms with Crippen molar-refractivity contribution in [3.05, 3.63) is 41.5 Å². The first-order chi connectivity index (χ1) is 16.8. The fourth-order valence-corrected chi connectivity index (χ4v) is 4.26. The van der Waals surface area contributed by atoms with Crippen LogP contribution in [0.4, 0.5) is 10.2 Å². The zero-order valence-electron chi connectivity index (χ0n) is 20.4. The number of hydrogen-bond donors (Lipinski definition) is 1. The molecule has 1 atom stereocenters. The van der Waals surface area contributed by atoms with Gasteiger partial charge in [0.1, 0.15) is 41.6 Å². The Bertz CT molecular complexity index is 1280. The first kappa shape index (κ1) is 24.2. The van der Waals surface area contributed by atoms with Crippen LogP contribution in [0.5, 0.6) is 17.5 Å². The predicted octanol–water partition coefficient (Wildman–Crippen LogP) is 3.09. The average molecular weight is 482 g/mol. The van der Waals surface area contributed by atoms with E-state index in [9.17, 15) is 9.65 Å². The molecule has 2 aliphatic heterocycles. The molecule has 0 radical (unpaired) electrons. The Hall–Kier alpha value is -3.91. The standard InChI is InChI=1S/C22H22FN7O3.C2H6/c1-12-14-6-13(23)4-5-17(14)33-22(9-29(2)10-22)11-31-20-18(16(7-24)30(3)28-20)15-8-26-19(25)21(27-15)32-12;1-2/h4-6,8,12H,9-11H2,1-3H3,(H2,25,26);1-2H3. The van der Waals surface area contributed by atoms with Gasteiger partial charge in [0.15, 0.2) is 17.1 Å². The predicted molar refractivity (Wildman–Crippen MR) is 127 cm³/mol. The van der Waals surface area contributed by atoms with Crippen molar-refractivity contribution in [2.24, 2.45) is 7.05 Å². The fraction of sp³-hybridized carbons (Fsp3) is 0.417. The van der Waals surface area contributed by atoms with Crippen molar-refractivity contribution >= 4 is 5.82 Å². The summed E-state index contributed by atoms with van der Waals surface area (Å²) in [5.74, 6) is 0.383. The minimum absolute atomic E-state index is 0.0474. The number of likely N-dealkylation sites (N-methyl/N-ethyl adjacent to an activating group) is 1. The monoisotopic (exact) mass is 481 g/mol. The molecular formula is C24H28FN7O3. The second kappa shape index (κ2) is 9.38. The molecule has 184 valence electrons. The van der Waals surface area contributed by atoms with Gasteiger partial charge in [-0.25, -0.2) is 14.4 Å². The van der Waals surface area contributed by atoms with E-state index in [1.54, 1.807) is 20.0 Å². The number of nitrogens with two attached hydrogens (primary N) is 1. The van der Waals surface area contributed by atoms with Gasteiger partial charge >= 0.3 is 0 Å². The maximum Gasteiger partial charge on any atom is 0.258 e. The maximum atomic E-state index is 14.2. The van der Waals surface area contributed by atoms with Gasteiger partial charge in [0, 0.05) is 25.7 Å². The molecule has 1 aromatic carbocycles. The topological polar surface area (TPSA) is 124 Å². The lowest BCUT2D eigenvalue weighted by Crippen LogP contribution is -2.66. The summed E-state index contributed by atoms with van der Waals surface area (Å²) in [5.41, 5.74) is 6.79. The molecule has 1 unspecified atom stereocenters. The van der Waals surface area contributed by atoms with E-state index in [1.165, 1.54) is 23.0 Å². The quantitative estimate of drug-likeness (QED) is 0.516. The summed E-state index contributed by atoms with van der Waals surface area (Å²) in [6.07, 6.45) is 0.789. The molecule has 2 bridgehead atoms. The van der Waals surface area contributed by atoms with Crippen molar-refractivity contribution in [3.8, 4) is 34.8 Å². The second-order valence-electron chi connectivity index (χ2n) is 8.40. The number of hydrogen-bond acceptors (Lipinski definition) is 9. The van der Waals surface area contributed by atoms with Crippen LogP contribution in [0.3, 0.4) is 0 Å². The van der Waals surface area contributed by atoms with Crippen LogP contribution >= 0.6 is 0 Å². The van der Waals surface area contributed by atoms with Crippen molar-refractivity contribution in [2.45, 2.75) is 32.5 Å². The minimum Gasteiger partial charge on any atom is -0.481 e. The summed E-state index contributed by atoms with van der Waals surface area (Å²) in [7, 11) is 3.62. The summed E-state index contributed by atoms with van der Waals surface area (Å²) in [5, 5.41) is 14.1. The number of halogens is 1. The van der Waals surface area contributed by atoms with Crippen LogP contribution in [0.15, 0.2) is 24.4 Å². The molecule has 5 rings (SSSR count). The SMILES string of the molecule is CC.CC1Oc2nc(cnc2N)-c2c(nn(C)c2C#N)OCC2(CN(C)C2)Oc2ccc(F)cc21. The molecule has 0 amide bonds. The normalized spacial score (nSPS) is 18.3. The molecule has 10 nitrogen and oxygen atoms in total. The van der Waals surface area contributed by atoms with E-state index in [-0.39, 0.29) is 29.9 Å². The number of aromatic nitrogens is 4. The molecule has 1 spiro atoms. The number of aryl methyl sites for hydroxylation is 1. The lowest BCUT2D eigenvalue weighted by Gasteiger charge is -2.47. The van der Waals surface area contributed by atoms with Crippen LogP contribution in [-0.4, -0.2) is 57.0 Å². The van der Waals surface area contributed by atoms with Gasteiger partial charge in [-0.1, -0.05) is 13.8 Å². The largest absolute Gasteiger partial charge is 0.481 e. The van der Waals surface area contributed by atoms with Gasteiger partial charge in [0.2, 0.25) is 5.88 Å². The molecule has 4 heterocycles. The lowest BCUT2D eigenvalue weighted by molar-refractivity contribution is -0.0917. The van der Waals surface area contributed by atoms with E-state index in [2.05, 4.69) is 26.0 Å². The highest BCUT2D eigenvalue weighted by Gasteiger charge is 2.46. The van der Waals surface area contributed by atoms with Crippen molar-refractivity contribution in [1.29, 1.82) is 5.26 Å². The molecule has 11 heteroatoms. The van der Waals surface area contributed by atoms with Crippen LogP contribution in [0.2, 0.25) is 0 Å². The average Bonchev–Trinajstić information content (AvgIpc) is 3.15. The van der Waals surface area contributed by atoms with Crippen LogP contribution in [0.1, 0.15) is 38.1 Å². The maximum absolute atomic E-state index is 14.2. The Morgan fingerprint density at radius 1 is 1.23 bits per heavy atom. The molecule has 0 aliphatic carbocycles. The number of fused-ring (bicyclic) bond motifs is 5. The van der Waals surface area contributed by atoms with Crippen molar-refractivity contribution in [1.82, 2.24) is 24.6 Å². The van der Waals surface area contributed by atoms with Gasteiger partial charge < -0.3 is 19.9 Å². The van der Waals surface area contributed by atoms with E-state index >= 15 is 0 Å². The smallest absolute Gasteiger partial charge is 0.258 e. The summed E-state index contributed by atoms with van der Waals surface area (Å²) in [6, 6.07) is 6.42. The molecule has 1 saturated heterocycles. The number of anilines is 1. The second-order valence-corrected chi connectivity index (χ2v) is 8.40. The number of nitrogens with zero attached hydrogens (tertiary/aromatic N) is 6. The summed E-state index contributed by atoms with van der Waals surface area (Å²) in [4.78, 5) is 10.8. The van der Waals surface area contributed by atoms with Crippen molar-refractivity contribution < 1.29 is 18.6 Å². The fourth-order valence-electron chi connectivity index (χ4n) is 4.26. The Kier molecular flexibility index (Phi) is 6.49. The number of ether oxygens (including phenoxy) is 3. The Morgan fingerprint density at radius 3 is 2.66 bits per heavy atom. The highest BCUT2D eigenvalue weighted by molar-refractivity contribution is 5.71. The third-order valence-corrected chi connectivity index (χ3v) is 5.76. The lowest BCUT2D eigenvalue weighted by atomic mass is 9.95. The summed E-state index contributed by atoms with van der Waals surface area (Å²) >= 11 is 0. The molecule has 0 saturated carbocycles. The summed E-state index contributed by atoms with van der Waals surface area (Å²) < 4.78 is 34.1. The Labute approximate surface area is 203 Å². The van der Waals surface area contributed by atoms with Crippen LogP contribution in [-0.2, 0) is 7.05 Å². The Balaban J connectivity index is 0.00000141. The van der Waals surface area contributed by atoms with E-state index in [0.29, 0.717) is 35.7 Å². The van der Waals surface area contributed by atoms with Crippen LogP contribution < -0.4 is 19.9 Å². The Morgan fingerprint density at radius 2 is 1.97 bits per heavy atom. The number of likely N-dealkylation sites (tertiary alicyclic amines) is 1. The van der Waals surface area contributed by atoms with Crippen LogP contribution in [0, 0.1) is 17.1 Å². The minimum atomic E-state index is -0.694. The van der Waals surface area contributed by atoms with Crippen molar-refractivity contribution in [3.63, 3.8) is 0 Å². The number of nitrogen functional groups attached to an aromatic ring is 1. The third-order valence-electron chi connectivity index (χ3n) is 5.76. The molecule has 2 N–H and O–H groups in total. The molecule has 1 fully saturated rings.